The Morgan fingerprint density at radius 1 is 1.25 bits per heavy atom. The van der Waals surface area contributed by atoms with Crippen molar-refractivity contribution in [2.45, 2.75) is 12.8 Å². The largest absolute Gasteiger partial charge is 0.356 e. The van der Waals surface area contributed by atoms with Crippen LogP contribution < -0.4 is 0 Å². The summed E-state index contributed by atoms with van der Waals surface area (Å²) in [5.41, 5.74) is 0.754. The van der Waals surface area contributed by atoms with Gasteiger partial charge in [0.15, 0.2) is 0 Å². The van der Waals surface area contributed by atoms with E-state index in [0.717, 1.165) is 5.57 Å². The molecule has 1 aliphatic heterocycles. The van der Waals surface area contributed by atoms with Crippen molar-refractivity contribution >= 4 is 49.6 Å². The van der Waals surface area contributed by atoms with Crippen LogP contribution in [-0.2, 0) is 19.2 Å². The fraction of sp³-hybridized carbons (Fsp3) is 0.444. The Hall–Kier alpha value is -0.690. The molecule has 1 rings (SSSR count). The van der Waals surface area contributed by atoms with Gasteiger partial charge in [0.2, 0.25) is 0 Å². The monoisotopic (exact) mass is 353 g/mol. The summed E-state index contributed by atoms with van der Waals surface area (Å²) >= 11 is 6.37. The molecule has 0 atom stereocenters. The molecule has 0 aromatic heterocycles. The predicted octanol–water partition coefficient (Wildman–Crippen LogP) is 1.31. The number of alkyl halides is 2. The lowest BCUT2D eigenvalue weighted by atomic mass is 10.3. The number of hydrogen-bond acceptors (Lipinski definition) is 4. The molecule has 0 spiro atoms. The van der Waals surface area contributed by atoms with E-state index in [-0.39, 0.29) is 12.8 Å². The van der Waals surface area contributed by atoms with Gasteiger partial charge < -0.3 is 4.84 Å². The van der Waals surface area contributed by atoms with Crippen LogP contribution in [0.5, 0.6) is 0 Å². The average molecular weight is 355 g/mol. The molecule has 0 aromatic carbocycles. The van der Waals surface area contributed by atoms with Gasteiger partial charge in [-0.3, -0.25) is 9.59 Å². The molecule has 0 aliphatic carbocycles. The first-order chi connectivity index (χ1) is 7.58. The molecule has 0 bridgehead atoms. The molecule has 0 aromatic rings. The van der Waals surface area contributed by atoms with Crippen molar-refractivity contribution in [3.05, 3.63) is 11.6 Å². The maximum absolute atomic E-state index is 11.3. The van der Waals surface area contributed by atoms with E-state index < -0.39 is 17.8 Å². The van der Waals surface area contributed by atoms with Crippen molar-refractivity contribution in [2.75, 3.05) is 10.7 Å². The van der Waals surface area contributed by atoms with Gasteiger partial charge in [0.25, 0.3) is 11.8 Å². The second-order valence-corrected chi connectivity index (χ2v) is 4.18. The lowest BCUT2D eigenvalue weighted by molar-refractivity contribution is -0.193. The zero-order valence-corrected chi connectivity index (χ0v) is 11.4. The third-order valence-corrected chi connectivity index (χ3v) is 3.29. The number of nitrogens with zero attached hydrogens (tertiary/aromatic N) is 1. The maximum atomic E-state index is 11.3. The second kappa shape index (κ2) is 6.15. The van der Waals surface area contributed by atoms with Gasteiger partial charge in [-0.25, -0.2) is 4.79 Å². The first kappa shape index (κ1) is 13.4. The molecular weight excluding hydrogens is 346 g/mol. The number of hydroxylamine groups is 2. The third kappa shape index (κ3) is 3.41. The van der Waals surface area contributed by atoms with Crippen molar-refractivity contribution < 1.29 is 19.2 Å². The SMILES string of the molecule is O=C(C=C(CBr)CBr)ON1C(=O)CCC1=O. The fourth-order valence-corrected chi connectivity index (χ4v) is 2.31. The van der Waals surface area contributed by atoms with Crippen LogP contribution in [0.1, 0.15) is 12.8 Å². The third-order valence-electron chi connectivity index (χ3n) is 1.85. The quantitative estimate of drug-likeness (QED) is 0.434. The lowest BCUT2D eigenvalue weighted by Gasteiger charge is -2.11. The summed E-state index contributed by atoms with van der Waals surface area (Å²) < 4.78 is 0. The van der Waals surface area contributed by atoms with Gasteiger partial charge in [0.1, 0.15) is 0 Å². The molecule has 16 heavy (non-hydrogen) atoms. The molecule has 0 radical (unpaired) electrons. The van der Waals surface area contributed by atoms with E-state index in [0.29, 0.717) is 15.7 Å². The van der Waals surface area contributed by atoms with Crippen LogP contribution in [0.2, 0.25) is 0 Å². The zero-order valence-electron chi connectivity index (χ0n) is 8.24. The van der Waals surface area contributed by atoms with Crippen LogP contribution >= 0.6 is 31.9 Å². The smallest absolute Gasteiger partial charge is 0.326 e. The molecule has 1 heterocycles. The van der Waals surface area contributed by atoms with E-state index in [1.54, 1.807) is 0 Å². The van der Waals surface area contributed by atoms with E-state index >= 15 is 0 Å². The van der Waals surface area contributed by atoms with Crippen molar-refractivity contribution in [1.82, 2.24) is 5.06 Å². The van der Waals surface area contributed by atoms with Crippen LogP contribution in [0.3, 0.4) is 0 Å². The summed E-state index contributed by atoms with van der Waals surface area (Å²) in [6, 6.07) is 0. The van der Waals surface area contributed by atoms with Crippen molar-refractivity contribution in [2.24, 2.45) is 0 Å². The van der Waals surface area contributed by atoms with E-state index in [2.05, 4.69) is 36.7 Å². The topological polar surface area (TPSA) is 63.7 Å². The van der Waals surface area contributed by atoms with E-state index in [1.165, 1.54) is 6.08 Å². The molecule has 88 valence electrons. The number of carbonyl (C=O) groups excluding carboxylic acids is 3. The number of hydrogen-bond donors (Lipinski definition) is 0. The number of carbonyl (C=O) groups is 3. The van der Waals surface area contributed by atoms with Crippen LogP contribution in [0.25, 0.3) is 0 Å². The van der Waals surface area contributed by atoms with E-state index in [9.17, 15) is 14.4 Å². The van der Waals surface area contributed by atoms with Crippen molar-refractivity contribution in [1.29, 1.82) is 0 Å². The molecule has 2 amide bonds. The lowest BCUT2D eigenvalue weighted by Crippen LogP contribution is -2.31. The first-order valence-electron chi connectivity index (χ1n) is 4.47. The Kier molecular flexibility index (Phi) is 5.14. The number of rotatable bonds is 4. The Morgan fingerprint density at radius 3 is 2.19 bits per heavy atom. The normalized spacial score (nSPS) is 15.2. The first-order valence-corrected chi connectivity index (χ1v) is 6.72. The average Bonchev–Trinajstić information content (AvgIpc) is 2.57. The highest BCUT2D eigenvalue weighted by Gasteiger charge is 2.32. The van der Waals surface area contributed by atoms with Gasteiger partial charge in [0.05, 0.1) is 0 Å². The molecule has 0 saturated carbocycles. The Labute approximate surface area is 109 Å². The Bertz CT molecular complexity index is 331. The summed E-state index contributed by atoms with van der Waals surface area (Å²) in [5, 5.41) is 1.55. The highest BCUT2D eigenvalue weighted by molar-refractivity contribution is 9.10. The molecular formula is C9H9Br2NO4. The van der Waals surface area contributed by atoms with Gasteiger partial charge in [0, 0.05) is 29.6 Å². The highest BCUT2D eigenvalue weighted by atomic mass is 79.9. The summed E-state index contributed by atoms with van der Waals surface area (Å²) in [6.07, 6.45) is 1.43. The number of halogens is 2. The van der Waals surface area contributed by atoms with Gasteiger partial charge >= 0.3 is 5.97 Å². The minimum Gasteiger partial charge on any atom is -0.326 e. The summed E-state index contributed by atoms with van der Waals surface area (Å²) in [4.78, 5) is 38.2. The zero-order chi connectivity index (χ0) is 12.1. The summed E-state index contributed by atoms with van der Waals surface area (Å²) in [7, 11) is 0. The standard InChI is InChI=1S/C9H9Br2NO4/c10-4-6(5-11)3-9(15)16-12-7(13)1-2-8(12)14/h3H,1-2,4-5H2. The number of allylic oxidation sites excluding steroid dienone is 1. The van der Waals surface area contributed by atoms with Gasteiger partial charge in [-0.05, 0) is 5.57 Å². The molecule has 0 N–H and O–H groups in total. The van der Waals surface area contributed by atoms with Gasteiger partial charge in [-0.15, -0.1) is 5.06 Å². The maximum Gasteiger partial charge on any atom is 0.356 e. The summed E-state index contributed by atoms with van der Waals surface area (Å²) in [5.74, 6) is -1.69. The minimum absolute atomic E-state index is 0.0968. The second-order valence-electron chi connectivity index (χ2n) is 3.06. The van der Waals surface area contributed by atoms with Gasteiger partial charge in [-0.1, -0.05) is 31.9 Å². The molecule has 5 nitrogen and oxygen atoms in total. The predicted molar refractivity (Wildman–Crippen MR) is 62.9 cm³/mol. The van der Waals surface area contributed by atoms with Crippen molar-refractivity contribution in [3.63, 3.8) is 0 Å². The van der Waals surface area contributed by atoms with Crippen LogP contribution in [-0.4, -0.2) is 33.5 Å². The minimum atomic E-state index is -0.725. The van der Waals surface area contributed by atoms with Crippen LogP contribution in [0, 0.1) is 0 Å². The van der Waals surface area contributed by atoms with Crippen LogP contribution in [0.15, 0.2) is 11.6 Å². The molecule has 7 heteroatoms. The molecule has 0 unspecified atom stereocenters. The number of imide groups is 1. The Balaban J connectivity index is 2.61. The van der Waals surface area contributed by atoms with Gasteiger partial charge in [-0.2, -0.15) is 0 Å². The Morgan fingerprint density at radius 2 is 1.75 bits per heavy atom. The van der Waals surface area contributed by atoms with E-state index in [1.807, 2.05) is 0 Å². The van der Waals surface area contributed by atoms with E-state index in [4.69, 9.17) is 0 Å². The van der Waals surface area contributed by atoms with Crippen molar-refractivity contribution in [3.8, 4) is 0 Å². The van der Waals surface area contributed by atoms with Crippen LogP contribution in [0.4, 0.5) is 0 Å². The molecule has 1 fully saturated rings. The fourth-order valence-electron chi connectivity index (χ4n) is 1.05. The highest BCUT2D eigenvalue weighted by Crippen LogP contribution is 2.13. The molecule has 1 saturated heterocycles. The summed E-state index contributed by atoms with van der Waals surface area (Å²) in [6.45, 7) is 0. The number of amides is 2. The molecule has 1 aliphatic rings.